The number of methoxy groups -OCH3 is 1. The third kappa shape index (κ3) is 3.68. The molecule has 2 rings (SSSR count). The average Bonchev–Trinajstić information content (AvgIpc) is 2.54. The van der Waals surface area contributed by atoms with Crippen LogP contribution in [0.2, 0.25) is 0 Å². The molecule has 21 heavy (non-hydrogen) atoms. The van der Waals surface area contributed by atoms with E-state index < -0.39 is 0 Å². The predicted octanol–water partition coefficient (Wildman–Crippen LogP) is 3.18. The first-order valence-corrected chi connectivity index (χ1v) is 7.30. The van der Waals surface area contributed by atoms with Crippen molar-refractivity contribution in [2.75, 3.05) is 12.4 Å². The number of rotatable bonds is 6. The summed E-state index contributed by atoms with van der Waals surface area (Å²) in [5.41, 5.74) is 3.13. The van der Waals surface area contributed by atoms with Gasteiger partial charge in [-0.1, -0.05) is 26.0 Å². The average molecular weight is 286 g/mol. The molecule has 1 heterocycles. The summed E-state index contributed by atoms with van der Waals surface area (Å²) >= 11 is 0. The fraction of sp³-hybridized carbons (Fsp3) is 0.438. The second kappa shape index (κ2) is 7.02. The highest BCUT2D eigenvalue weighted by atomic mass is 16.5. The number of hydrogen-bond donors (Lipinski definition) is 1. The van der Waals surface area contributed by atoms with Crippen LogP contribution in [0.5, 0.6) is 5.75 Å². The molecule has 0 saturated heterocycles. The molecule has 112 valence electrons. The molecule has 1 unspecified atom stereocenters. The molecule has 0 spiro atoms. The van der Waals surface area contributed by atoms with Crippen molar-refractivity contribution < 1.29 is 4.74 Å². The van der Waals surface area contributed by atoms with Crippen LogP contribution in [0.15, 0.2) is 24.3 Å². The molecule has 0 aliphatic carbocycles. The number of aromatic nitrogens is 3. The lowest BCUT2D eigenvalue weighted by atomic mass is 10.1. The van der Waals surface area contributed by atoms with Gasteiger partial charge in [-0.05, 0) is 37.5 Å². The Morgan fingerprint density at radius 2 is 1.71 bits per heavy atom. The van der Waals surface area contributed by atoms with E-state index in [1.807, 2.05) is 24.3 Å². The second-order valence-corrected chi connectivity index (χ2v) is 4.88. The van der Waals surface area contributed by atoms with Crippen molar-refractivity contribution in [3.63, 3.8) is 0 Å². The minimum absolute atomic E-state index is 0.106. The molecule has 1 aromatic carbocycles. The Bertz CT molecular complexity index is 583. The topological polar surface area (TPSA) is 59.9 Å². The number of aryl methyl sites for hydroxylation is 2. The van der Waals surface area contributed by atoms with Crippen molar-refractivity contribution in [2.24, 2.45) is 0 Å². The van der Waals surface area contributed by atoms with Gasteiger partial charge in [0.2, 0.25) is 5.95 Å². The summed E-state index contributed by atoms with van der Waals surface area (Å²) in [6.07, 6.45) is 1.72. The lowest BCUT2D eigenvalue weighted by Gasteiger charge is -2.15. The molecule has 1 atom stereocenters. The molecule has 1 aromatic heterocycles. The Hall–Kier alpha value is -2.17. The van der Waals surface area contributed by atoms with Crippen LogP contribution in [0.3, 0.4) is 0 Å². The highest BCUT2D eigenvalue weighted by Gasteiger charge is 2.10. The number of benzene rings is 1. The van der Waals surface area contributed by atoms with Crippen LogP contribution >= 0.6 is 0 Å². The van der Waals surface area contributed by atoms with E-state index in [0.717, 1.165) is 35.5 Å². The van der Waals surface area contributed by atoms with E-state index in [2.05, 4.69) is 41.3 Å². The molecule has 5 heteroatoms. The monoisotopic (exact) mass is 286 g/mol. The summed E-state index contributed by atoms with van der Waals surface area (Å²) in [6.45, 7) is 6.22. The van der Waals surface area contributed by atoms with Crippen LogP contribution in [0.1, 0.15) is 43.8 Å². The van der Waals surface area contributed by atoms with Gasteiger partial charge in [0.05, 0.1) is 24.5 Å². The number of anilines is 1. The Labute approximate surface area is 125 Å². The minimum Gasteiger partial charge on any atom is -0.497 e. The molecule has 0 bridgehead atoms. The number of nitrogens with one attached hydrogen (secondary N) is 1. The lowest BCUT2D eigenvalue weighted by Crippen LogP contribution is -2.12. The Morgan fingerprint density at radius 3 is 2.29 bits per heavy atom. The molecule has 2 aromatic rings. The highest BCUT2D eigenvalue weighted by Crippen LogP contribution is 2.20. The zero-order valence-corrected chi connectivity index (χ0v) is 13.1. The normalized spacial score (nSPS) is 12.0. The third-order valence-electron chi connectivity index (χ3n) is 3.47. The smallest absolute Gasteiger partial charge is 0.243 e. The van der Waals surface area contributed by atoms with Crippen LogP contribution < -0.4 is 10.1 Å². The molecule has 0 aliphatic rings. The summed E-state index contributed by atoms with van der Waals surface area (Å²) in [5.74, 6) is 1.43. The molecule has 1 N–H and O–H groups in total. The van der Waals surface area contributed by atoms with Gasteiger partial charge in [-0.25, -0.2) is 4.98 Å². The largest absolute Gasteiger partial charge is 0.497 e. The lowest BCUT2D eigenvalue weighted by molar-refractivity contribution is 0.414. The Morgan fingerprint density at radius 1 is 1.05 bits per heavy atom. The van der Waals surface area contributed by atoms with Gasteiger partial charge in [0, 0.05) is 0 Å². The van der Waals surface area contributed by atoms with Gasteiger partial charge in [-0.3, -0.25) is 0 Å². The third-order valence-corrected chi connectivity index (χ3v) is 3.47. The minimum atomic E-state index is 0.106. The van der Waals surface area contributed by atoms with Crippen molar-refractivity contribution in [3.05, 3.63) is 41.2 Å². The molecule has 0 radical (unpaired) electrons. The summed E-state index contributed by atoms with van der Waals surface area (Å²) in [7, 11) is 1.66. The van der Waals surface area contributed by atoms with Crippen LogP contribution in [0.25, 0.3) is 0 Å². The molecular formula is C16H22N4O. The molecule has 5 nitrogen and oxygen atoms in total. The fourth-order valence-corrected chi connectivity index (χ4v) is 2.17. The van der Waals surface area contributed by atoms with E-state index in [-0.39, 0.29) is 6.04 Å². The molecule has 0 aliphatic heterocycles. The summed E-state index contributed by atoms with van der Waals surface area (Å²) < 4.78 is 5.17. The van der Waals surface area contributed by atoms with E-state index in [9.17, 15) is 0 Å². The molecule has 0 amide bonds. The standard InChI is InChI=1S/C16H22N4O/c1-5-14-15(6-2)19-20-16(18-14)17-11(3)12-7-9-13(21-4)10-8-12/h7-11H,5-6H2,1-4H3,(H,17,18,20). The number of ether oxygens (including phenoxy) is 1. The van der Waals surface area contributed by atoms with Gasteiger partial charge in [0.15, 0.2) is 0 Å². The van der Waals surface area contributed by atoms with Crippen LogP contribution in [-0.2, 0) is 12.8 Å². The summed E-state index contributed by atoms with van der Waals surface area (Å²) in [4.78, 5) is 4.55. The first-order valence-electron chi connectivity index (χ1n) is 7.30. The van der Waals surface area contributed by atoms with E-state index in [1.165, 1.54) is 0 Å². The van der Waals surface area contributed by atoms with Crippen LogP contribution in [0, 0.1) is 0 Å². The maximum Gasteiger partial charge on any atom is 0.243 e. The fourth-order valence-electron chi connectivity index (χ4n) is 2.17. The van der Waals surface area contributed by atoms with Crippen LogP contribution in [0.4, 0.5) is 5.95 Å². The van der Waals surface area contributed by atoms with Crippen molar-refractivity contribution in [1.82, 2.24) is 15.2 Å². The van der Waals surface area contributed by atoms with Crippen molar-refractivity contribution in [1.29, 1.82) is 0 Å². The van der Waals surface area contributed by atoms with Gasteiger partial charge in [-0.2, -0.15) is 5.10 Å². The van der Waals surface area contributed by atoms with Gasteiger partial charge < -0.3 is 10.1 Å². The Balaban J connectivity index is 2.12. The van der Waals surface area contributed by atoms with Crippen LogP contribution in [-0.4, -0.2) is 22.3 Å². The van der Waals surface area contributed by atoms with Gasteiger partial charge in [-0.15, -0.1) is 5.10 Å². The maximum absolute atomic E-state index is 5.17. The van der Waals surface area contributed by atoms with E-state index in [4.69, 9.17) is 4.74 Å². The SMILES string of the molecule is CCc1nnc(NC(C)c2ccc(OC)cc2)nc1CC. The van der Waals surface area contributed by atoms with Gasteiger partial charge in [0.25, 0.3) is 0 Å². The summed E-state index contributed by atoms with van der Waals surface area (Å²) in [6, 6.07) is 8.07. The zero-order chi connectivity index (χ0) is 15.2. The number of nitrogens with zero attached hydrogens (tertiary/aromatic N) is 3. The summed E-state index contributed by atoms with van der Waals surface area (Å²) in [5, 5.41) is 11.7. The first-order chi connectivity index (χ1) is 10.2. The molecule has 0 fully saturated rings. The van der Waals surface area contributed by atoms with Crippen molar-refractivity contribution in [3.8, 4) is 5.75 Å². The molecular weight excluding hydrogens is 264 g/mol. The van der Waals surface area contributed by atoms with Gasteiger partial charge >= 0.3 is 0 Å². The Kier molecular flexibility index (Phi) is 5.09. The quantitative estimate of drug-likeness (QED) is 0.883. The van der Waals surface area contributed by atoms with E-state index in [1.54, 1.807) is 7.11 Å². The predicted molar refractivity (Wildman–Crippen MR) is 83.6 cm³/mol. The van der Waals surface area contributed by atoms with Gasteiger partial charge in [0.1, 0.15) is 5.75 Å². The second-order valence-electron chi connectivity index (χ2n) is 4.88. The van der Waals surface area contributed by atoms with E-state index >= 15 is 0 Å². The first kappa shape index (κ1) is 15.2. The molecule has 0 saturated carbocycles. The van der Waals surface area contributed by atoms with Crippen molar-refractivity contribution >= 4 is 5.95 Å². The maximum atomic E-state index is 5.17. The number of hydrogen-bond acceptors (Lipinski definition) is 5. The highest BCUT2D eigenvalue weighted by molar-refractivity contribution is 5.34. The zero-order valence-electron chi connectivity index (χ0n) is 13.1. The van der Waals surface area contributed by atoms with E-state index in [0.29, 0.717) is 5.95 Å². The van der Waals surface area contributed by atoms with Crippen molar-refractivity contribution in [2.45, 2.75) is 39.7 Å².